The van der Waals surface area contributed by atoms with Crippen molar-refractivity contribution in [1.82, 2.24) is 15.2 Å². The zero-order valence-corrected chi connectivity index (χ0v) is 15.2. The van der Waals surface area contributed by atoms with E-state index in [1.165, 1.54) is 35.6 Å². The quantitative estimate of drug-likeness (QED) is 0.918. The van der Waals surface area contributed by atoms with E-state index in [2.05, 4.69) is 49.2 Å². The van der Waals surface area contributed by atoms with Gasteiger partial charge in [-0.1, -0.05) is 20.8 Å². The predicted molar refractivity (Wildman–Crippen MR) is 92.5 cm³/mol. The molecule has 0 amide bonds. The van der Waals surface area contributed by atoms with E-state index >= 15 is 0 Å². The van der Waals surface area contributed by atoms with Crippen LogP contribution in [0.5, 0.6) is 0 Å². The highest BCUT2D eigenvalue weighted by Crippen LogP contribution is 2.31. The molecule has 2 unspecified atom stereocenters. The second-order valence-corrected chi connectivity index (χ2v) is 8.66. The molecule has 0 radical (unpaired) electrons. The largest absolute Gasteiger partial charge is 0.311 e. The van der Waals surface area contributed by atoms with Crippen molar-refractivity contribution in [2.45, 2.75) is 76.5 Å². The number of rotatable bonds is 3. The molecule has 0 aromatic carbocycles. The van der Waals surface area contributed by atoms with Crippen LogP contribution in [0.25, 0.3) is 0 Å². The van der Waals surface area contributed by atoms with Crippen molar-refractivity contribution in [1.29, 1.82) is 0 Å². The number of hydrogen-bond donors (Lipinski definition) is 1. The molecule has 3 heterocycles. The average molecular weight is 330 g/mol. The lowest BCUT2D eigenvalue weighted by Gasteiger charge is -2.35. The highest BCUT2D eigenvalue weighted by Gasteiger charge is 2.35. The molecule has 0 aliphatic carbocycles. The summed E-state index contributed by atoms with van der Waals surface area (Å²) in [6.45, 7) is 7.79. The first-order valence-corrected chi connectivity index (χ1v) is 8.65. The van der Waals surface area contributed by atoms with Crippen molar-refractivity contribution < 1.29 is 0 Å². The molecule has 3 nitrogen and oxygen atoms in total. The van der Waals surface area contributed by atoms with Crippen LogP contribution in [-0.2, 0) is 12.0 Å². The van der Waals surface area contributed by atoms with Crippen LogP contribution in [0.15, 0.2) is 6.20 Å². The van der Waals surface area contributed by atoms with E-state index in [4.69, 9.17) is 0 Å². The van der Waals surface area contributed by atoms with Crippen molar-refractivity contribution in [3.05, 3.63) is 16.1 Å². The Morgan fingerprint density at radius 1 is 1.29 bits per heavy atom. The lowest BCUT2D eigenvalue weighted by Crippen LogP contribution is -2.46. The molecule has 0 spiro atoms. The Morgan fingerprint density at radius 2 is 1.90 bits per heavy atom. The minimum Gasteiger partial charge on any atom is -0.311 e. The second kappa shape index (κ2) is 6.53. The van der Waals surface area contributed by atoms with Crippen molar-refractivity contribution in [2.24, 2.45) is 0 Å². The van der Waals surface area contributed by atoms with Crippen LogP contribution in [0.3, 0.4) is 0 Å². The van der Waals surface area contributed by atoms with E-state index < -0.39 is 0 Å². The van der Waals surface area contributed by atoms with E-state index in [1.54, 1.807) is 0 Å². The Labute approximate surface area is 138 Å². The SMILES string of the molecule is CN(Cc1ncc(C(C)(C)C)s1)C1CC2CCC(C1)N2.Cl. The van der Waals surface area contributed by atoms with Gasteiger partial charge < -0.3 is 5.32 Å². The van der Waals surface area contributed by atoms with E-state index in [0.717, 1.165) is 24.7 Å². The Hall–Kier alpha value is -0.160. The zero-order chi connectivity index (χ0) is 14.3. The van der Waals surface area contributed by atoms with E-state index in [-0.39, 0.29) is 17.8 Å². The monoisotopic (exact) mass is 329 g/mol. The molecular formula is C16H28ClN3S. The van der Waals surface area contributed by atoms with E-state index in [0.29, 0.717) is 0 Å². The number of halogens is 1. The van der Waals surface area contributed by atoms with Gasteiger partial charge in [0.2, 0.25) is 0 Å². The number of nitrogens with one attached hydrogen (secondary N) is 1. The van der Waals surface area contributed by atoms with Crippen LogP contribution < -0.4 is 5.32 Å². The number of piperidine rings is 1. The summed E-state index contributed by atoms with van der Waals surface area (Å²) < 4.78 is 0. The Kier molecular flexibility index (Phi) is 5.35. The summed E-state index contributed by atoms with van der Waals surface area (Å²) in [5.74, 6) is 0. The van der Waals surface area contributed by atoms with Crippen molar-refractivity contribution in [3.8, 4) is 0 Å². The normalized spacial score (nSPS) is 28.7. The van der Waals surface area contributed by atoms with Gasteiger partial charge in [-0.25, -0.2) is 4.98 Å². The first-order chi connectivity index (χ1) is 9.41. The molecule has 21 heavy (non-hydrogen) atoms. The number of hydrogen-bond acceptors (Lipinski definition) is 4. The third-order valence-electron chi connectivity index (χ3n) is 4.75. The molecule has 1 N–H and O–H groups in total. The first kappa shape index (κ1) is 17.2. The molecular weight excluding hydrogens is 302 g/mol. The van der Waals surface area contributed by atoms with Gasteiger partial charge in [0, 0.05) is 29.2 Å². The van der Waals surface area contributed by atoms with E-state index in [9.17, 15) is 0 Å². The minimum atomic E-state index is 0. The topological polar surface area (TPSA) is 28.2 Å². The third-order valence-corrected chi connectivity index (χ3v) is 6.16. The van der Waals surface area contributed by atoms with Gasteiger partial charge in [0.1, 0.15) is 5.01 Å². The maximum atomic E-state index is 4.63. The van der Waals surface area contributed by atoms with Crippen molar-refractivity contribution >= 4 is 23.7 Å². The molecule has 2 atom stereocenters. The summed E-state index contributed by atoms with van der Waals surface area (Å²) >= 11 is 1.88. The van der Waals surface area contributed by atoms with E-state index in [1.807, 2.05) is 11.3 Å². The minimum absolute atomic E-state index is 0. The molecule has 2 bridgehead atoms. The molecule has 3 rings (SSSR count). The summed E-state index contributed by atoms with van der Waals surface area (Å²) in [5.41, 5.74) is 0.225. The summed E-state index contributed by atoms with van der Waals surface area (Å²) in [5, 5.41) is 4.99. The maximum absolute atomic E-state index is 4.63. The fourth-order valence-electron chi connectivity index (χ4n) is 3.46. The average Bonchev–Trinajstić information content (AvgIpc) is 2.96. The van der Waals surface area contributed by atoms with Crippen molar-refractivity contribution in [2.75, 3.05) is 7.05 Å². The fraction of sp³-hybridized carbons (Fsp3) is 0.812. The van der Waals surface area contributed by atoms with Gasteiger partial charge in [-0.3, -0.25) is 4.90 Å². The van der Waals surface area contributed by atoms with Gasteiger partial charge in [-0.2, -0.15) is 0 Å². The fourth-order valence-corrected chi connectivity index (χ4v) is 4.50. The molecule has 1 aromatic heterocycles. The van der Waals surface area contributed by atoms with Crippen LogP contribution in [-0.4, -0.2) is 35.1 Å². The highest BCUT2D eigenvalue weighted by molar-refractivity contribution is 7.11. The molecule has 2 fully saturated rings. The Morgan fingerprint density at radius 3 is 2.43 bits per heavy atom. The Bertz CT molecular complexity index is 456. The van der Waals surface area contributed by atoms with Gasteiger partial charge >= 0.3 is 0 Å². The second-order valence-electron chi connectivity index (χ2n) is 7.55. The lowest BCUT2D eigenvalue weighted by molar-refractivity contribution is 0.166. The summed E-state index contributed by atoms with van der Waals surface area (Å²) in [4.78, 5) is 8.55. The summed E-state index contributed by atoms with van der Waals surface area (Å²) in [6, 6.07) is 2.26. The number of fused-ring (bicyclic) bond motifs is 2. The van der Waals surface area contributed by atoms with Gasteiger partial charge in [0.15, 0.2) is 0 Å². The third kappa shape index (κ3) is 3.98. The predicted octanol–water partition coefficient (Wildman–Crippen LogP) is 3.58. The summed E-state index contributed by atoms with van der Waals surface area (Å²) in [6.07, 6.45) is 7.44. The highest BCUT2D eigenvalue weighted by atomic mass is 35.5. The summed E-state index contributed by atoms with van der Waals surface area (Å²) in [7, 11) is 2.27. The number of aromatic nitrogens is 1. The molecule has 1 aromatic rings. The molecule has 2 saturated heterocycles. The number of nitrogens with zero attached hydrogens (tertiary/aromatic N) is 2. The van der Waals surface area contributed by atoms with Gasteiger partial charge in [0.25, 0.3) is 0 Å². The maximum Gasteiger partial charge on any atom is 0.107 e. The molecule has 0 saturated carbocycles. The Balaban J connectivity index is 0.00000161. The lowest BCUT2D eigenvalue weighted by atomic mass is 9.96. The first-order valence-electron chi connectivity index (χ1n) is 7.83. The van der Waals surface area contributed by atoms with Crippen LogP contribution in [0.4, 0.5) is 0 Å². The van der Waals surface area contributed by atoms with Crippen molar-refractivity contribution in [3.63, 3.8) is 0 Å². The van der Waals surface area contributed by atoms with Crippen LogP contribution in [0, 0.1) is 0 Å². The molecule has 2 aliphatic heterocycles. The molecule has 120 valence electrons. The van der Waals surface area contributed by atoms with Gasteiger partial charge in [-0.05, 0) is 38.1 Å². The molecule has 5 heteroatoms. The van der Waals surface area contributed by atoms with Crippen LogP contribution >= 0.6 is 23.7 Å². The van der Waals surface area contributed by atoms with Gasteiger partial charge in [-0.15, -0.1) is 23.7 Å². The van der Waals surface area contributed by atoms with Crippen LogP contribution in [0.1, 0.15) is 56.3 Å². The standard InChI is InChI=1S/C16H27N3S.ClH/c1-16(2,3)14-9-17-15(20-14)10-19(4)13-7-11-5-6-12(8-13)18-11;/h9,11-13,18H,5-8,10H2,1-4H3;1H. The van der Waals surface area contributed by atoms with Crippen LogP contribution in [0.2, 0.25) is 0 Å². The number of thiazole rings is 1. The smallest absolute Gasteiger partial charge is 0.107 e. The van der Waals surface area contributed by atoms with Gasteiger partial charge in [0.05, 0.1) is 6.54 Å². The molecule has 2 aliphatic rings. The zero-order valence-electron chi connectivity index (χ0n) is 13.6.